The molecule has 6 heteroatoms. The minimum absolute atomic E-state index is 0.0671. The number of esters is 3. The topological polar surface area (TPSA) is 78.9 Å². The molecule has 0 aliphatic carbocycles. The first-order chi connectivity index (χ1) is 30.0. The quantitative estimate of drug-likeness (QED) is 0.0262. The monoisotopic (exact) mass is 861 g/mol. The van der Waals surface area contributed by atoms with Crippen molar-refractivity contribution in [3.63, 3.8) is 0 Å². The lowest BCUT2D eigenvalue weighted by atomic mass is 10.0. The van der Waals surface area contributed by atoms with E-state index in [1.165, 1.54) is 199 Å². The average molecular weight is 861 g/mol. The van der Waals surface area contributed by atoms with Crippen molar-refractivity contribution in [3.05, 3.63) is 12.2 Å². The molecule has 61 heavy (non-hydrogen) atoms. The molecule has 0 aliphatic heterocycles. The Morgan fingerprint density at radius 2 is 0.557 bits per heavy atom. The molecule has 0 N–H and O–H groups in total. The highest BCUT2D eigenvalue weighted by Crippen LogP contribution is 2.17. The maximum absolute atomic E-state index is 12.8. The van der Waals surface area contributed by atoms with Gasteiger partial charge in [0.15, 0.2) is 6.10 Å². The first-order valence-corrected chi connectivity index (χ1v) is 27.2. The molecule has 0 amide bonds. The molecule has 0 spiro atoms. The van der Waals surface area contributed by atoms with Gasteiger partial charge in [-0.15, -0.1) is 0 Å². The van der Waals surface area contributed by atoms with E-state index < -0.39 is 6.10 Å². The molecular weight excluding hydrogens is 757 g/mol. The van der Waals surface area contributed by atoms with Crippen LogP contribution < -0.4 is 0 Å². The van der Waals surface area contributed by atoms with E-state index in [1.807, 2.05) is 0 Å². The average Bonchev–Trinajstić information content (AvgIpc) is 3.26. The number of carbonyl (C=O) groups excluding carboxylic acids is 3. The van der Waals surface area contributed by atoms with Gasteiger partial charge < -0.3 is 14.2 Å². The van der Waals surface area contributed by atoms with E-state index in [1.54, 1.807) is 0 Å². The largest absolute Gasteiger partial charge is 0.462 e. The molecule has 0 radical (unpaired) electrons. The SMILES string of the molecule is CCCC/C=C\CCCCCCCC(=O)OC[C@H](COC(=O)CCCCCCCCCCCCCCC)OC(=O)CCCCCCCCCCCCCCCCCCCCC. The number of rotatable bonds is 50. The van der Waals surface area contributed by atoms with Crippen LogP contribution in [-0.2, 0) is 28.6 Å². The molecule has 0 heterocycles. The first kappa shape index (κ1) is 59.1. The zero-order chi connectivity index (χ0) is 44.4. The van der Waals surface area contributed by atoms with Crippen LogP contribution in [0.3, 0.4) is 0 Å². The van der Waals surface area contributed by atoms with E-state index in [9.17, 15) is 14.4 Å². The van der Waals surface area contributed by atoms with Crippen LogP contribution in [-0.4, -0.2) is 37.2 Å². The van der Waals surface area contributed by atoms with Crippen LogP contribution in [0.25, 0.3) is 0 Å². The number of unbranched alkanes of at least 4 members (excludes halogenated alkanes) is 37. The Balaban J connectivity index is 4.27. The third-order valence-electron chi connectivity index (χ3n) is 12.3. The molecule has 360 valence electrons. The Kier molecular flexibility index (Phi) is 49.3. The second kappa shape index (κ2) is 50.8. The lowest BCUT2D eigenvalue weighted by molar-refractivity contribution is -0.167. The summed E-state index contributed by atoms with van der Waals surface area (Å²) in [6.45, 7) is 6.64. The van der Waals surface area contributed by atoms with E-state index in [4.69, 9.17) is 14.2 Å². The maximum atomic E-state index is 12.8. The number of ether oxygens (including phenoxy) is 3. The summed E-state index contributed by atoms with van der Waals surface area (Å²) in [5.41, 5.74) is 0. The fourth-order valence-electron chi connectivity index (χ4n) is 8.13. The number of allylic oxidation sites excluding steroid dienone is 2. The molecular formula is C55H104O6. The highest BCUT2D eigenvalue weighted by atomic mass is 16.6. The van der Waals surface area contributed by atoms with Gasteiger partial charge in [0.05, 0.1) is 0 Å². The van der Waals surface area contributed by atoms with E-state index in [-0.39, 0.29) is 31.1 Å². The van der Waals surface area contributed by atoms with Crippen molar-refractivity contribution in [3.8, 4) is 0 Å². The molecule has 0 saturated carbocycles. The van der Waals surface area contributed by atoms with Crippen LogP contribution in [0, 0.1) is 0 Å². The molecule has 0 rings (SSSR count). The molecule has 1 atom stereocenters. The number of hydrogen-bond acceptors (Lipinski definition) is 6. The summed E-state index contributed by atoms with van der Waals surface area (Å²) in [4.78, 5) is 38.0. The fourth-order valence-corrected chi connectivity index (χ4v) is 8.13. The predicted octanol–water partition coefficient (Wildman–Crippen LogP) is 17.8. The maximum Gasteiger partial charge on any atom is 0.306 e. The summed E-state index contributed by atoms with van der Waals surface area (Å²) < 4.78 is 16.8. The Hall–Kier alpha value is -1.85. The van der Waals surface area contributed by atoms with Crippen LogP contribution in [0.4, 0.5) is 0 Å². The van der Waals surface area contributed by atoms with Crippen LogP contribution >= 0.6 is 0 Å². The highest BCUT2D eigenvalue weighted by Gasteiger charge is 2.19. The van der Waals surface area contributed by atoms with Crippen LogP contribution in [0.2, 0.25) is 0 Å². The smallest absolute Gasteiger partial charge is 0.306 e. The van der Waals surface area contributed by atoms with Gasteiger partial charge in [-0.2, -0.15) is 0 Å². The molecule has 0 aliphatic rings. The summed E-state index contributed by atoms with van der Waals surface area (Å²) >= 11 is 0. The van der Waals surface area contributed by atoms with Crippen LogP contribution in [0.15, 0.2) is 12.2 Å². The van der Waals surface area contributed by atoms with Gasteiger partial charge >= 0.3 is 17.9 Å². The fraction of sp³-hybridized carbons (Fsp3) is 0.909. The molecule has 6 nitrogen and oxygen atoms in total. The lowest BCUT2D eigenvalue weighted by Crippen LogP contribution is -2.30. The summed E-state index contributed by atoms with van der Waals surface area (Å²) in [7, 11) is 0. The van der Waals surface area contributed by atoms with Crippen molar-refractivity contribution < 1.29 is 28.6 Å². The zero-order valence-corrected chi connectivity index (χ0v) is 41.2. The van der Waals surface area contributed by atoms with Crippen molar-refractivity contribution in [1.29, 1.82) is 0 Å². The van der Waals surface area contributed by atoms with Gasteiger partial charge in [-0.3, -0.25) is 14.4 Å². The number of hydrogen-bond donors (Lipinski definition) is 0. The first-order valence-electron chi connectivity index (χ1n) is 27.2. The van der Waals surface area contributed by atoms with E-state index >= 15 is 0 Å². The second-order valence-corrected chi connectivity index (χ2v) is 18.5. The van der Waals surface area contributed by atoms with Gasteiger partial charge in [-0.05, 0) is 38.5 Å². The molecule has 0 saturated heterocycles. The van der Waals surface area contributed by atoms with Crippen molar-refractivity contribution in [2.45, 2.75) is 309 Å². The minimum Gasteiger partial charge on any atom is -0.462 e. The van der Waals surface area contributed by atoms with Gasteiger partial charge in [0.2, 0.25) is 0 Å². The molecule has 0 bridgehead atoms. The van der Waals surface area contributed by atoms with Gasteiger partial charge in [-0.25, -0.2) is 0 Å². The van der Waals surface area contributed by atoms with Crippen molar-refractivity contribution >= 4 is 17.9 Å². The summed E-state index contributed by atoms with van der Waals surface area (Å²) in [5.74, 6) is -0.858. The van der Waals surface area contributed by atoms with E-state index in [0.29, 0.717) is 19.3 Å². The van der Waals surface area contributed by atoms with E-state index in [0.717, 1.165) is 64.2 Å². The third-order valence-corrected chi connectivity index (χ3v) is 12.3. The van der Waals surface area contributed by atoms with Gasteiger partial charge in [0.1, 0.15) is 13.2 Å². The molecule has 0 unspecified atom stereocenters. The van der Waals surface area contributed by atoms with Gasteiger partial charge in [0.25, 0.3) is 0 Å². The Labute approximate surface area is 380 Å². The Morgan fingerprint density at radius 1 is 0.311 bits per heavy atom. The Bertz CT molecular complexity index is 947. The Morgan fingerprint density at radius 3 is 0.869 bits per heavy atom. The normalized spacial score (nSPS) is 12.0. The van der Waals surface area contributed by atoms with Crippen molar-refractivity contribution in [2.75, 3.05) is 13.2 Å². The predicted molar refractivity (Wildman–Crippen MR) is 261 cm³/mol. The zero-order valence-electron chi connectivity index (χ0n) is 41.2. The minimum atomic E-state index is -0.766. The molecule has 0 aromatic carbocycles. The highest BCUT2D eigenvalue weighted by molar-refractivity contribution is 5.71. The third kappa shape index (κ3) is 49.0. The summed E-state index contributed by atoms with van der Waals surface area (Å²) in [5, 5.41) is 0. The summed E-state index contributed by atoms with van der Waals surface area (Å²) in [6, 6.07) is 0. The van der Waals surface area contributed by atoms with Crippen LogP contribution in [0.5, 0.6) is 0 Å². The van der Waals surface area contributed by atoms with E-state index in [2.05, 4.69) is 32.9 Å². The second-order valence-electron chi connectivity index (χ2n) is 18.5. The molecule has 0 fully saturated rings. The summed E-state index contributed by atoms with van der Waals surface area (Å²) in [6.07, 6.45) is 56.3. The number of carbonyl (C=O) groups is 3. The molecule has 0 aromatic rings. The standard InChI is InChI=1S/C55H104O6/c1-4-7-10-13-16-19-22-24-25-26-27-28-29-31-34-37-40-43-46-49-55(58)61-52(50-59-53(56)47-44-41-38-35-32-21-18-15-12-9-6-3)51-60-54(57)48-45-42-39-36-33-30-23-20-17-14-11-8-5-2/h15,18,52H,4-14,16-17,19-51H2,1-3H3/b18-15-/t52-/m1/s1. The van der Waals surface area contributed by atoms with Crippen molar-refractivity contribution in [2.24, 2.45) is 0 Å². The lowest BCUT2D eigenvalue weighted by Gasteiger charge is -2.18. The van der Waals surface area contributed by atoms with Gasteiger partial charge in [-0.1, -0.05) is 258 Å². The van der Waals surface area contributed by atoms with Crippen LogP contribution in [0.1, 0.15) is 303 Å². The van der Waals surface area contributed by atoms with Crippen molar-refractivity contribution in [1.82, 2.24) is 0 Å². The van der Waals surface area contributed by atoms with Gasteiger partial charge in [0, 0.05) is 19.3 Å². The molecule has 0 aromatic heterocycles.